The molecule has 4 aromatic rings. The average molecular weight is 375 g/mol. The van der Waals surface area contributed by atoms with Gasteiger partial charge in [0.05, 0.1) is 15.1 Å². The fraction of sp³-hybridized carbons (Fsp3) is 0.100. The van der Waals surface area contributed by atoms with Crippen LogP contribution in [0, 0.1) is 10.1 Å². The smallest absolute Gasteiger partial charge is 0.270 e. The highest BCUT2D eigenvalue weighted by Crippen LogP contribution is 2.39. The van der Waals surface area contributed by atoms with E-state index in [1.165, 1.54) is 46.0 Å². The molecule has 6 nitrogen and oxygen atoms in total. The molecule has 1 aliphatic carbocycles. The summed E-state index contributed by atoms with van der Waals surface area (Å²) in [5.74, 6) is -0.407. The number of benzene rings is 3. The number of carbonyl (C=O) groups is 1. The van der Waals surface area contributed by atoms with Crippen LogP contribution in [0.25, 0.3) is 21.0 Å². The van der Waals surface area contributed by atoms with Crippen molar-refractivity contribution in [3.8, 4) is 0 Å². The average Bonchev–Trinajstić information content (AvgIpc) is 3.27. The Labute approximate surface area is 157 Å². The Bertz CT molecular complexity index is 1260. The molecular formula is C20H13N3O3S. The molecule has 0 fully saturated rings. The van der Waals surface area contributed by atoms with Gasteiger partial charge >= 0.3 is 0 Å². The van der Waals surface area contributed by atoms with E-state index in [0.29, 0.717) is 5.13 Å². The van der Waals surface area contributed by atoms with Crippen LogP contribution in [0.2, 0.25) is 0 Å². The van der Waals surface area contributed by atoms with E-state index >= 15 is 0 Å². The third kappa shape index (κ3) is 2.55. The SMILES string of the molecule is O=C(Nc1nc2c(cc3c4c(cccc42)CC3)s1)c1cccc([N+](=O)[O-])c1. The first-order chi connectivity index (χ1) is 13.1. The number of nitrogens with one attached hydrogen (secondary N) is 1. The zero-order valence-electron chi connectivity index (χ0n) is 14.1. The number of hydrogen-bond acceptors (Lipinski definition) is 5. The minimum Gasteiger partial charge on any atom is -0.298 e. The minimum absolute atomic E-state index is 0.114. The third-order valence-corrected chi connectivity index (χ3v) is 5.81. The van der Waals surface area contributed by atoms with E-state index in [9.17, 15) is 14.9 Å². The van der Waals surface area contributed by atoms with Gasteiger partial charge in [0.2, 0.25) is 0 Å². The van der Waals surface area contributed by atoms with E-state index in [4.69, 9.17) is 0 Å². The third-order valence-electron chi connectivity index (χ3n) is 4.89. The highest BCUT2D eigenvalue weighted by atomic mass is 32.1. The van der Waals surface area contributed by atoms with Gasteiger partial charge in [-0.3, -0.25) is 20.2 Å². The number of nitro groups is 1. The summed E-state index contributed by atoms with van der Waals surface area (Å²) in [6.07, 6.45) is 2.08. The topological polar surface area (TPSA) is 85.1 Å². The lowest BCUT2D eigenvalue weighted by atomic mass is 10.0. The number of aryl methyl sites for hydroxylation is 2. The molecule has 7 heteroatoms. The largest absolute Gasteiger partial charge is 0.298 e. The summed E-state index contributed by atoms with van der Waals surface area (Å²) < 4.78 is 1.03. The van der Waals surface area contributed by atoms with Crippen molar-refractivity contribution in [1.82, 2.24) is 4.98 Å². The Morgan fingerprint density at radius 1 is 1.11 bits per heavy atom. The maximum Gasteiger partial charge on any atom is 0.270 e. The number of thiazole rings is 1. The first-order valence-electron chi connectivity index (χ1n) is 8.50. The van der Waals surface area contributed by atoms with Gasteiger partial charge in [-0.15, -0.1) is 0 Å². The van der Waals surface area contributed by atoms with Crippen molar-refractivity contribution in [2.45, 2.75) is 12.8 Å². The summed E-state index contributed by atoms with van der Waals surface area (Å²) in [6.45, 7) is 0. The van der Waals surface area contributed by atoms with Crippen LogP contribution in [0.4, 0.5) is 10.8 Å². The Morgan fingerprint density at radius 3 is 2.78 bits per heavy atom. The van der Waals surface area contributed by atoms with Gasteiger partial charge in [-0.05, 0) is 41.5 Å². The van der Waals surface area contributed by atoms with Gasteiger partial charge in [0.25, 0.3) is 11.6 Å². The van der Waals surface area contributed by atoms with Crippen molar-refractivity contribution in [3.05, 3.63) is 75.3 Å². The molecular weight excluding hydrogens is 362 g/mol. The quantitative estimate of drug-likeness (QED) is 0.415. The monoisotopic (exact) mass is 375 g/mol. The van der Waals surface area contributed by atoms with E-state index in [1.807, 2.05) is 6.07 Å². The molecule has 1 aromatic heterocycles. The first-order valence-corrected chi connectivity index (χ1v) is 9.31. The molecule has 0 spiro atoms. The minimum atomic E-state index is -0.516. The Kier molecular flexibility index (Phi) is 3.45. The van der Waals surface area contributed by atoms with Gasteiger partial charge in [-0.25, -0.2) is 4.98 Å². The van der Waals surface area contributed by atoms with Crippen molar-refractivity contribution in [2.75, 3.05) is 5.32 Å². The van der Waals surface area contributed by atoms with Crippen molar-refractivity contribution in [2.24, 2.45) is 0 Å². The summed E-state index contributed by atoms with van der Waals surface area (Å²) in [4.78, 5) is 27.5. The number of hydrogen-bond donors (Lipinski definition) is 1. The molecule has 0 bridgehead atoms. The molecule has 132 valence electrons. The summed E-state index contributed by atoms with van der Waals surface area (Å²) in [7, 11) is 0. The molecule has 1 amide bonds. The highest BCUT2D eigenvalue weighted by Gasteiger charge is 2.19. The molecule has 0 atom stereocenters. The van der Waals surface area contributed by atoms with E-state index in [2.05, 4.69) is 28.5 Å². The lowest BCUT2D eigenvalue weighted by Gasteiger charge is -2.02. The molecule has 0 unspecified atom stereocenters. The molecule has 5 rings (SSSR count). The van der Waals surface area contributed by atoms with Crippen LogP contribution in [0.5, 0.6) is 0 Å². The Morgan fingerprint density at radius 2 is 1.93 bits per heavy atom. The van der Waals surface area contributed by atoms with E-state index < -0.39 is 10.8 Å². The summed E-state index contributed by atoms with van der Waals surface area (Å²) in [5, 5.41) is 16.6. The molecule has 0 radical (unpaired) electrons. The number of carbonyl (C=O) groups excluding carboxylic acids is 1. The second-order valence-electron chi connectivity index (χ2n) is 6.50. The Balaban J connectivity index is 1.54. The van der Waals surface area contributed by atoms with Gasteiger partial charge < -0.3 is 0 Å². The lowest BCUT2D eigenvalue weighted by molar-refractivity contribution is -0.384. The first kappa shape index (κ1) is 15.9. The molecule has 1 N–H and O–H groups in total. The fourth-order valence-electron chi connectivity index (χ4n) is 3.69. The molecule has 1 heterocycles. The second-order valence-corrected chi connectivity index (χ2v) is 7.53. The molecule has 1 aliphatic rings. The van der Waals surface area contributed by atoms with Crippen molar-refractivity contribution in [1.29, 1.82) is 0 Å². The van der Waals surface area contributed by atoms with E-state index in [-0.39, 0.29) is 11.3 Å². The van der Waals surface area contributed by atoms with Crippen LogP contribution in [0.3, 0.4) is 0 Å². The predicted molar refractivity (Wildman–Crippen MR) is 106 cm³/mol. The standard InChI is InChI=1S/C20H13N3O3S/c24-19(13-4-1-5-14(9-13)23(25)26)22-20-21-18-15-6-2-3-11-7-8-12(17(11)15)10-16(18)27-20/h1-6,9-10H,7-8H2,(H,21,22,24). The number of fused-ring (bicyclic) bond motifs is 2. The van der Waals surface area contributed by atoms with Crippen LogP contribution in [-0.4, -0.2) is 15.8 Å². The fourth-order valence-corrected chi connectivity index (χ4v) is 4.63. The highest BCUT2D eigenvalue weighted by molar-refractivity contribution is 7.22. The number of nitro benzene ring substituents is 1. The molecule has 3 aromatic carbocycles. The van der Waals surface area contributed by atoms with Crippen LogP contribution in [0.15, 0.2) is 48.5 Å². The molecule has 0 saturated heterocycles. The van der Waals surface area contributed by atoms with Crippen LogP contribution in [0.1, 0.15) is 21.5 Å². The lowest BCUT2D eigenvalue weighted by Crippen LogP contribution is -2.11. The van der Waals surface area contributed by atoms with E-state index in [1.54, 1.807) is 6.07 Å². The zero-order valence-corrected chi connectivity index (χ0v) is 14.9. The number of nitrogens with zero attached hydrogens (tertiary/aromatic N) is 2. The number of aromatic nitrogens is 1. The van der Waals surface area contributed by atoms with E-state index in [0.717, 1.165) is 28.4 Å². The van der Waals surface area contributed by atoms with Gasteiger partial charge in [0.15, 0.2) is 5.13 Å². The zero-order chi connectivity index (χ0) is 18.5. The molecule has 27 heavy (non-hydrogen) atoms. The molecule has 0 aliphatic heterocycles. The maximum atomic E-state index is 12.5. The van der Waals surface area contributed by atoms with Crippen molar-refractivity contribution in [3.63, 3.8) is 0 Å². The summed E-state index contributed by atoms with van der Waals surface area (Å²) in [6, 6.07) is 14.1. The van der Waals surface area contributed by atoms with Gasteiger partial charge in [-0.2, -0.15) is 0 Å². The summed E-state index contributed by atoms with van der Waals surface area (Å²) >= 11 is 1.42. The maximum absolute atomic E-state index is 12.5. The van der Waals surface area contributed by atoms with Crippen LogP contribution in [-0.2, 0) is 12.8 Å². The van der Waals surface area contributed by atoms with Crippen molar-refractivity contribution < 1.29 is 9.72 Å². The number of anilines is 1. The number of non-ortho nitro benzene ring substituents is 1. The van der Waals surface area contributed by atoms with Gasteiger partial charge in [-0.1, -0.05) is 35.6 Å². The predicted octanol–water partition coefficient (Wildman–Crippen LogP) is 4.71. The van der Waals surface area contributed by atoms with Gasteiger partial charge in [0.1, 0.15) is 0 Å². The summed E-state index contributed by atoms with van der Waals surface area (Å²) in [5.41, 5.74) is 3.68. The Hall–Kier alpha value is -3.32. The number of rotatable bonds is 3. The molecule has 0 saturated carbocycles. The van der Waals surface area contributed by atoms with Gasteiger partial charge in [0, 0.05) is 23.1 Å². The van der Waals surface area contributed by atoms with Crippen LogP contribution >= 0.6 is 11.3 Å². The van der Waals surface area contributed by atoms with Crippen LogP contribution < -0.4 is 5.32 Å². The number of amides is 1. The second kappa shape index (κ2) is 5.85. The van der Waals surface area contributed by atoms with Crippen molar-refractivity contribution >= 4 is 49.1 Å². The normalized spacial score (nSPS) is 12.6.